The number of carbonyl (C=O) groups is 1. The van der Waals surface area contributed by atoms with Gasteiger partial charge >= 0.3 is 0 Å². The van der Waals surface area contributed by atoms with Gasteiger partial charge in [-0.05, 0) is 18.4 Å². The Morgan fingerprint density at radius 1 is 1.29 bits per heavy atom. The van der Waals surface area contributed by atoms with Crippen LogP contribution in [0.5, 0.6) is 0 Å². The lowest BCUT2D eigenvalue weighted by Gasteiger charge is -2.21. The summed E-state index contributed by atoms with van der Waals surface area (Å²) in [5.41, 5.74) is 1.07. The summed E-state index contributed by atoms with van der Waals surface area (Å²) in [6.07, 6.45) is 8.02. The lowest BCUT2D eigenvalue weighted by Crippen LogP contribution is -2.34. The number of hydrogen-bond donors (Lipinski definition) is 1. The third-order valence-corrected chi connectivity index (χ3v) is 4.26. The molecule has 1 aromatic carbocycles. The zero-order chi connectivity index (χ0) is 14.7. The molecule has 21 heavy (non-hydrogen) atoms. The molecule has 1 heterocycles. The van der Waals surface area contributed by atoms with Crippen molar-refractivity contribution in [2.75, 3.05) is 0 Å². The van der Waals surface area contributed by atoms with E-state index in [1.165, 1.54) is 0 Å². The average Bonchev–Trinajstić information content (AvgIpc) is 3.17. The second-order valence-corrected chi connectivity index (χ2v) is 5.73. The number of aryl methyl sites for hydroxylation is 1. The number of nitrogens with one attached hydrogen (secondary N) is 1. The lowest BCUT2D eigenvalue weighted by molar-refractivity contribution is -0.125. The van der Waals surface area contributed by atoms with Crippen LogP contribution in [-0.4, -0.2) is 15.5 Å². The number of amides is 1. The first kappa shape index (κ1) is 13.9. The zero-order valence-electron chi connectivity index (χ0n) is 12.3. The van der Waals surface area contributed by atoms with E-state index in [1.807, 2.05) is 48.1 Å². The van der Waals surface area contributed by atoms with Crippen molar-refractivity contribution in [3.05, 3.63) is 54.1 Å². The van der Waals surface area contributed by atoms with E-state index >= 15 is 0 Å². The molecular weight excluding hydrogens is 262 g/mol. The van der Waals surface area contributed by atoms with Gasteiger partial charge in [-0.3, -0.25) is 4.79 Å². The molecule has 1 aliphatic rings. The zero-order valence-corrected chi connectivity index (χ0v) is 12.3. The van der Waals surface area contributed by atoms with E-state index in [-0.39, 0.29) is 17.9 Å². The molecule has 0 radical (unpaired) electrons. The van der Waals surface area contributed by atoms with Crippen LogP contribution < -0.4 is 5.32 Å². The highest BCUT2D eigenvalue weighted by molar-refractivity contribution is 5.79. The first-order valence-corrected chi connectivity index (χ1v) is 7.58. The van der Waals surface area contributed by atoms with Crippen molar-refractivity contribution in [2.45, 2.75) is 31.7 Å². The summed E-state index contributed by atoms with van der Waals surface area (Å²) in [5.74, 6) is 1.19. The molecule has 1 aliphatic carbocycles. The summed E-state index contributed by atoms with van der Waals surface area (Å²) in [6.45, 7) is 0. The highest BCUT2D eigenvalue weighted by Gasteiger charge is 2.27. The Morgan fingerprint density at radius 3 is 2.62 bits per heavy atom. The highest BCUT2D eigenvalue weighted by Crippen LogP contribution is 2.27. The van der Waals surface area contributed by atoms with Gasteiger partial charge in [-0.1, -0.05) is 43.2 Å². The molecular formula is C17H21N3O. The fourth-order valence-corrected chi connectivity index (χ4v) is 3.05. The smallest absolute Gasteiger partial charge is 0.223 e. The molecule has 0 bridgehead atoms. The molecule has 0 aliphatic heterocycles. The van der Waals surface area contributed by atoms with Crippen LogP contribution in [0.25, 0.3) is 0 Å². The Hall–Kier alpha value is -2.10. The van der Waals surface area contributed by atoms with Gasteiger partial charge in [0.2, 0.25) is 5.91 Å². The maximum Gasteiger partial charge on any atom is 0.223 e. The van der Waals surface area contributed by atoms with Crippen LogP contribution >= 0.6 is 0 Å². The van der Waals surface area contributed by atoms with Crippen LogP contribution in [0.15, 0.2) is 42.7 Å². The quantitative estimate of drug-likeness (QED) is 0.938. The topological polar surface area (TPSA) is 46.9 Å². The molecule has 1 N–H and O–H groups in total. The Labute approximate surface area is 125 Å². The first-order valence-electron chi connectivity index (χ1n) is 7.58. The second kappa shape index (κ2) is 6.12. The third-order valence-electron chi connectivity index (χ3n) is 4.26. The first-order chi connectivity index (χ1) is 10.3. The Kier molecular flexibility index (Phi) is 4.04. The van der Waals surface area contributed by atoms with E-state index in [9.17, 15) is 4.79 Å². The van der Waals surface area contributed by atoms with Crippen LogP contribution in [0.2, 0.25) is 0 Å². The summed E-state index contributed by atoms with van der Waals surface area (Å²) in [4.78, 5) is 16.9. The van der Waals surface area contributed by atoms with Crippen LogP contribution in [0, 0.1) is 5.92 Å². The number of rotatable bonds is 4. The maximum absolute atomic E-state index is 12.5. The fourth-order valence-electron chi connectivity index (χ4n) is 3.05. The molecule has 0 spiro atoms. The van der Waals surface area contributed by atoms with E-state index in [1.54, 1.807) is 6.20 Å². The van der Waals surface area contributed by atoms with E-state index in [0.717, 1.165) is 37.1 Å². The van der Waals surface area contributed by atoms with Crippen molar-refractivity contribution >= 4 is 5.91 Å². The molecule has 110 valence electrons. The standard InChI is InChI=1S/C17H21N3O/c1-20-12-11-18-16(20)15(13-7-3-2-4-8-13)19-17(21)14-9-5-6-10-14/h2-4,7-8,11-12,14-15H,5-6,9-10H2,1H3,(H,19,21)/t15-/m1/s1. The maximum atomic E-state index is 12.5. The van der Waals surface area contributed by atoms with Gasteiger partial charge in [-0.15, -0.1) is 0 Å². The van der Waals surface area contributed by atoms with Crippen molar-refractivity contribution in [1.29, 1.82) is 0 Å². The molecule has 1 aromatic heterocycles. The molecule has 1 amide bonds. The molecule has 1 fully saturated rings. The van der Waals surface area contributed by atoms with Crippen LogP contribution in [0.4, 0.5) is 0 Å². The number of nitrogens with zero attached hydrogens (tertiary/aromatic N) is 2. The average molecular weight is 283 g/mol. The molecule has 1 atom stereocenters. The summed E-state index contributed by atoms with van der Waals surface area (Å²) < 4.78 is 1.96. The number of aromatic nitrogens is 2. The minimum Gasteiger partial charge on any atom is -0.342 e. The van der Waals surface area contributed by atoms with E-state index in [2.05, 4.69) is 10.3 Å². The summed E-state index contributed by atoms with van der Waals surface area (Å²) in [5, 5.41) is 3.20. The monoisotopic (exact) mass is 283 g/mol. The van der Waals surface area contributed by atoms with Crippen molar-refractivity contribution in [3.8, 4) is 0 Å². The van der Waals surface area contributed by atoms with Gasteiger partial charge < -0.3 is 9.88 Å². The molecule has 0 unspecified atom stereocenters. The normalized spacial score (nSPS) is 16.8. The van der Waals surface area contributed by atoms with Crippen molar-refractivity contribution in [2.24, 2.45) is 13.0 Å². The van der Waals surface area contributed by atoms with Gasteiger partial charge in [0.15, 0.2) is 0 Å². The molecule has 1 saturated carbocycles. The summed E-state index contributed by atoms with van der Waals surface area (Å²) in [6, 6.07) is 9.86. The minimum absolute atomic E-state index is 0.157. The predicted octanol–water partition coefficient (Wildman–Crippen LogP) is 2.82. The third kappa shape index (κ3) is 2.99. The van der Waals surface area contributed by atoms with Gasteiger partial charge in [-0.25, -0.2) is 4.98 Å². The van der Waals surface area contributed by atoms with Crippen LogP contribution in [0.3, 0.4) is 0 Å². The van der Waals surface area contributed by atoms with Crippen molar-refractivity contribution < 1.29 is 4.79 Å². The van der Waals surface area contributed by atoms with Crippen molar-refractivity contribution in [3.63, 3.8) is 0 Å². The second-order valence-electron chi connectivity index (χ2n) is 5.73. The molecule has 4 heteroatoms. The van der Waals surface area contributed by atoms with Gasteiger partial charge in [0.1, 0.15) is 11.9 Å². The molecule has 4 nitrogen and oxygen atoms in total. The predicted molar refractivity (Wildman–Crippen MR) is 81.6 cm³/mol. The molecule has 3 rings (SSSR count). The van der Waals surface area contributed by atoms with Gasteiger partial charge in [0.05, 0.1) is 0 Å². The van der Waals surface area contributed by atoms with Gasteiger partial charge in [0.25, 0.3) is 0 Å². The fraction of sp³-hybridized carbons (Fsp3) is 0.412. The largest absolute Gasteiger partial charge is 0.342 e. The summed E-state index contributed by atoms with van der Waals surface area (Å²) in [7, 11) is 1.96. The SMILES string of the molecule is Cn1ccnc1[C@H](NC(=O)C1CCCC1)c1ccccc1. The Balaban J connectivity index is 1.86. The van der Waals surface area contributed by atoms with Crippen LogP contribution in [-0.2, 0) is 11.8 Å². The number of imidazole rings is 1. The number of carbonyl (C=O) groups excluding carboxylic acids is 1. The Bertz CT molecular complexity index is 600. The van der Waals surface area contributed by atoms with Crippen LogP contribution in [0.1, 0.15) is 43.1 Å². The van der Waals surface area contributed by atoms with Gasteiger partial charge in [0, 0.05) is 25.4 Å². The minimum atomic E-state index is -0.181. The lowest BCUT2D eigenvalue weighted by atomic mass is 10.0. The molecule has 2 aromatic rings. The van der Waals surface area contributed by atoms with Crippen molar-refractivity contribution in [1.82, 2.24) is 14.9 Å². The number of benzene rings is 1. The summed E-state index contributed by atoms with van der Waals surface area (Å²) >= 11 is 0. The van der Waals surface area contributed by atoms with E-state index in [0.29, 0.717) is 0 Å². The van der Waals surface area contributed by atoms with E-state index < -0.39 is 0 Å². The molecule has 0 saturated heterocycles. The highest BCUT2D eigenvalue weighted by atomic mass is 16.2. The Morgan fingerprint density at radius 2 is 2.00 bits per heavy atom. The van der Waals surface area contributed by atoms with Gasteiger partial charge in [-0.2, -0.15) is 0 Å². The number of hydrogen-bond acceptors (Lipinski definition) is 2. The van der Waals surface area contributed by atoms with E-state index in [4.69, 9.17) is 0 Å².